The molecule has 0 radical (unpaired) electrons. The fraction of sp³-hybridized carbons (Fsp3) is 0.500. The van der Waals surface area contributed by atoms with E-state index in [1.807, 2.05) is 13.0 Å². The molecule has 0 aliphatic carbocycles. The smallest absolute Gasteiger partial charge is 0.0512 e. The van der Waals surface area contributed by atoms with Gasteiger partial charge >= 0.3 is 0 Å². The average Bonchev–Trinajstić information content (AvgIpc) is 2.41. The Morgan fingerprint density at radius 2 is 2.17 bits per heavy atom. The van der Waals surface area contributed by atoms with Gasteiger partial charge in [-0.3, -0.25) is 0 Å². The third-order valence-corrected chi connectivity index (χ3v) is 3.25. The lowest BCUT2D eigenvalue weighted by Gasteiger charge is -2.31. The molecular weight excluding hydrogens is 228 g/mol. The first-order chi connectivity index (χ1) is 8.72. The summed E-state index contributed by atoms with van der Waals surface area (Å²) in [5, 5.41) is 6.92. The normalized spacial score (nSPS) is 15.3. The summed E-state index contributed by atoms with van der Waals surface area (Å²) < 4.78 is 0. The minimum Gasteiger partial charge on any atom is -0.398 e. The molecule has 1 aliphatic rings. The highest BCUT2D eigenvalue weighted by Gasteiger charge is 2.14. The predicted octanol–water partition coefficient (Wildman–Crippen LogP) is 1.80. The molecule has 1 fully saturated rings. The van der Waals surface area contributed by atoms with Crippen LogP contribution in [0, 0.1) is 6.92 Å². The van der Waals surface area contributed by atoms with E-state index in [1.54, 1.807) is 0 Å². The van der Waals surface area contributed by atoms with Crippen LogP contribution < -0.4 is 16.0 Å². The number of hydrogen-bond acceptors (Lipinski definition) is 4. The fourth-order valence-electron chi connectivity index (χ4n) is 2.22. The Kier molecular flexibility index (Phi) is 3.92. The molecule has 1 aromatic rings. The molecule has 1 aromatic carbocycles. The summed E-state index contributed by atoms with van der Waals surface area (Å²) in [7, 11) is 0. The second kappa shape index (κ2) is 5.62. The zero-order chi connectivity index (χ0) is 13.0. The molecule has 0 spiro atoms. The fourth-order valence-corrected chi connectivity index (χ4v) is 2.22. The van der Waals surface area contributed by atoms with Crippen LogP contribution in [0.25, 0.3) is 10.4 Å². The van der Waals surface area contributed by atoms with Crippen LogP contribution in [0.1, 0.15) is 11.1 Å². The summed E-state index contributed by atoms with van der Waals surface area (Å²) in [6.07, 6.45) is 0. The Labute approximate surface area is 106 Å². The van der Waals surface area contributed by atoms with E-state index in [0.29, 0.717) is 6.54 Å². The van der Waals surface area contributed by atoms with Crippen LogP contribution in [0.4, 0.5) is 11.4 Å². The first-order valence-corrected chi connectivity index (χ1v) is 6.08. The SMILES string of the molecule is Cc1c(N)cc(CN=[N+]=[N-])cc1N1CCNCC1. The highest BCUT2D eigenvalue weighted by molar-refractivity contribution is 5.66. The molecule has 1 heterocycles. The van der Waals surface area contributed by atoms with Gasteiger partial charge in [-0.15, -0.1) is 0 Å². The number of benzene rings is 1. The summed E-state index contributed by atoms with van der Waals surface area (Å²) in [4.78, 5) is 5.11. The van der Waals surface area contributed by atoms with Crippen LogP contribution in [0.2, 0.25) is 0 Å². The minimum atomic E-state index is 0.347. The van der Waals surface area contributed by atoms with E-state index in [2.05, 4.69) is 26.3 Å². The number of anilines is 2. The van der Waals surface area contributed by atoms with Gasteiger partial charge in [0.25, 0.3) is 0 Å². The van der Waals surface area contributed by atoms with Crippen molar-refractivity contribution >= 4 is 11.4 Å². The number of nitrogens with two attached hydrogens (primary N) is 1. The molecule has 6 nitrogen and oxygen atoms in total. The molecule has 2 rings (SSSR count). The molecule has 0 amide bonds. The monoisotopic (exact) mass is 246 g/mol. The van der Waals surface area contributed by atoms with Gasteiger partial charge in [0.15, 0.2) is 0 Å². The molecule has 0 saturated carbocycles. The molecule has 0 bridgehead atoms. The number of azide groups is 1. The number of rotatable bonds is 3. The molecule has 1 saturated heterocycles. The van der Waals surface area contributed by atoms with Crippen LogP contribution >= 0.6 is 0 Å². The molecule has 3 N–H and O–H groups in total. The van der Waals surface area contributed by atoms with E-state index in [9.17, 15) is 0 Å². The lowest BCUT2D eigenvalue weighted by molar-refractivity contribution is 0.588. The zero-order valence-electron chi connectivity index (χ0n) is 10.6. The summed E-state index contributed by atoms with van der Waals surface area (Å²) in [5.74, 6) is 0. The standard InChI is InChI=1S/C12H18N6/c1-9-11(13)6-10(8-16-17-14)7-12(9)18-4-2-15-3-5-18/h6-7,15H,2-5,8,13H2,1H3. The largest absolute Gasteiger partial charge is 0.398 e. The van der Waals surface area contributed by atoms with Gasteiger partial charge < -0.3 is 16.0 Å². The van der Waals surface area contributed by atoms with Crippen molar-refractivity contribution < 1.29 is 0 Å². The Morgan fingerprint density at radius 1 is 1.44 bits per heavy atom. The molecule has 0 unspecified atom stereocenters. The summed E-state index contributed by atoms with van der Waals surface area (Å²) in [6.45, 7) is 6.31. The molecule has 0 atom stereocenters. The number of nitrogen functional groups attached to an aromatic ring is 1. The van der Waals surface area contributed by atoms with Gasteiger partial charge in [0.1, 0.15) is 0 Å². The van der Waals surface area contributed by atoms with Crippen LogP contribution in [-0.4, -0.2) is 26.2 Å². The Hall–Kier alpha value is -1.91. The first kappa shape index (κ1) is 12.5. The van der Waals surface area contributed by atoms with Crippen molar-refractivity contribution in [2.75, 3.05) is 36.8 Å². The van der Waals surface area contributed by atoms with Gasteiger partial charge in [0.2, 0.25) is 0 Å². The van der Waals surface area contributed by atoms with E-state index in [0.717, 1.165) is 48.7 Å². The van der Waals surface area contributed by atoms with Gasteiger partial charge in [-0.25, -0.2) is 0 Å². The maximum Gasteiger partial charge on any atom is 0.0512 e. The highest BCUT2D eigenvalue weighted by atomic mass is 15.2. The molecule has 0 aromatic heterocycles. The van der Waals surface area contributed by atoms with Crippen molar-refractivity contribution in [2.45, 2.75) is 13.5 Å². The quantitative estimate of drug-likeness (QED) is 0.369. The molecule has 1 aliphatic heterocycles. The third-order valence-electron chi connectivity index (χ3n) is 3.25. The van der Waals surface area contributed by atoms with E-state index < -0.39 is 0 Å². The van der Waals surface area contributed by atoms with Gasteiger partial charge in [-0.1, -0.05) is 5.11 Å². The minimum absolute atomic E-state index is 0.347. The van der Waals surface area contributed by atoms with Crippen LogP contribution in [0.5, 0.6) is 0 Å². The van der Waals surface area contributed by atoms with Gasteiger partial charge in [-0.2, -0.15) is 0 Å². The Balaban J connectivity index is 2.31. The van der Waals surface area contributed by atoms with Crippen molar-refractivity contribution in [3.05, 3.63) is 33.7 Å². The van der Waals surface area contributed by atoms with Gasteiger partial charge in [0.05, 0.1) is 6.54 Å². The van der Waals surface area contributed by atoms with Gasteiger partial charge in [-0.05, 0) is 35.7 Å². The second-order valence-corrected chi connectivity index (χ2v) is 4.46. The van der Waals surface area contributed by atoms with Crippen molar-refractivity contribution in [3.63, 3.8) is 0 Å². The van der Waals surface area contributed by atoms with E-state index in [4.69, 9.17) is 11.3 Å². The summed E-state index contributed by atoms with van der Waals surface area (Å²) >= 11 is 0. The maximum absolute atomic E-state index is 8.38. The molecule has 96 valence electrons. The lowest BCUT2D eigenvalue weighted by atomic mass is 10.1. The van der Waals surface area contributed by atoms with E-state index >= 15 is 0 Å². The predicted molar refractivity (Wildman–Crippen MR) is 73.5 cm³/mol. The molecule has 18 heavy (non-hydrogen) atoms. The first-order valence-electron chi connectivity index (χ1n) is 6.08. The van der Waals surface area contributed by atoms with Crippen LogP contribution in [-0.2, 0) is 6.54 Å². The Bertz CT molecular complexity index is 472. The second-order valence-electron chi connectivity index (χ2n) is 4.46. The van der Waals surface area contributed by atoms with E-state index in [-0.39, 0.29) is 0 Å². The average molecular weight is 246 g/mol. The van der Waals surface area contributed by atoms with Gasteiger partial charge in [0, 0.05) is 42.5 Å². The number of hydrogen-bond donors (Lipinski definition) is 2. The Morgan fingerprint density at radius 3 is 2.83 bits per heavy atom. The molecule has 6 heteroatoms. The van der Waals surface area contributed by atoms with Crippen molar-refractivity contribution in [3.8, 4) is 0 Å². The van der Waals surface area contributed by atoms with Crippen LogP contribution in [0.15, 0.2) is 17.2 Å². The van der Waals surface area contributed by atoms with Crippen molar-refractivity contribution in [1.82, 2.24) is 5.32 Å². The molecular formula is C12H18N6. The topological polar surface area (TPSA) is 90.0 Å². The summed E-state index contributed by atoms with van der Waals surface area (Å²) in [5.41, 5.74) is 18.4. The van der Waals surface area contributed by atoms with Crippen molar-refractivity contribution in [1.29, 1.82) is 0 Å². The summed E-state index contributed by atoms with van der Waals surface area (Å²) in [6, 6.07) is 3.96. The number of nitrogens with one attached hydrogen (secondary N) is 1. The zero-order valence-corrected chi connectivity index (χ0v) is 10.6. The number of piperazine rings is 1. The maximum atomic E-state index is 8.38. The van der Waals surface area contributed by atoms with E-state index in [1.165, 1.54) is 0 Å². The van der Waals surface area contributed by atoms with Crippen molar-refractivity contribution in [2.24, 2.45) is 5.11 Å². The lowest BCUT2D eigenvalue weighted by Crippen LogP contribution is -2.43. The highest BCUT2D eigenvalue weighted by Crippen LogP contribution is 2.27. The third kappa shape index (κ3) is 2.67. The number of nitrogens with zero attached hydrogens (tertiary/aromatic N) is 4. The van der Waals surface area contributed by atoms with Crippen LogP contribution in [0.3, 0.4) is 0 Å².